The van der Waals surface area contributed by atoms with E-state index >= 15 is 0 Å². The summed E-state index contributed by atoms with van der Waals surface area (Å²) in [5, 5.41) is 3.44. The lowest BCUT2D eigenvalue weighted by Crippen LogP contribution is -2.30. The van der Waals surface area contributed by atoms with Crippen molar-refractivity contribution in [3.8, 4) is 5.75 Å². The van der Waals surface area contributed by atoms with Gasteiger partial charge < -0.3 is 10.1 Å². The molecule has 2 nitrogen and oxygen atoms in total. The van der Waals surface area contributed by atoms with Crippen LogP contribution in [0.25, 0.3) is 0 Å². The van der Waals surface area contributed by atoms with Crippen molar-refractivity contribution >= 4 is 15.9 Å². The first-order chi connectivity index (χ1) is 8.24. The fourth-order valence-corrected chi connectivity index (χ4v) is 3.19. The first-order valence-electron chi connectivity index (χ1n) is 6.24. The van der Waals surface area contributed by atoms with E-state index in [1.807, 2.05) is 6.07 Å². The van der Waals surface area contributed by atoms with Gasteiger partial charge in [-0.05, 0) is 56.0 Å². The summed E-state index contributed by atoms with van der Waals surface area (Å²) in [5.41, 5.74) is 1.36. The molecule has 0 aliphatic heterocycles. The first-order valence-corrected chi connectivity index (χ1v) is 7.03. The fourth-order valence-electron chi connectivity index (χ4n) is 2.78. The summed E-state index contributed by atoms with van der Waals surface area (Å²) < 4.78 is 6.49. The number of halogens is 1. The predicted molar refractivity (Wildman–Crippen MR) is 74.6 cm³/mol. The van der Waals surface area contributed by atoms with Crippen molar-refractivity contribution in [2.75, 3.05) is 14.2 Å². The molecule has 1 aliphatic carbocycles. The molecule has 0 radical (unpaired) electrons. The molecule has 2 rings (SSSR count). The summed E-state index contributed by atoms with van der Waals surface area (Å²) in [5.74, 6) is 1.70. The van der Waals surface area contributed by atoms with Crippen molar-refractivity contribution in [1.82, 2.24) is 5.32 Å². The molecule has 0 bridgehead atoms. The molecule has 94 valence electrons. The van der Waals surface area contributed by atoms with E-state index in [1.165, 1.54) is 29.3 Å². The molecular weight excluding hydrogens is 278 g/mol. The van der Waals surface area contributed by atoms with E-state index in [0.717, 1.165) is 18.1 Å². The number of methoxy groups -OCH3 is 1. The first kappa shape index (κ1) is 12.9. The summed E-state index contributed by atoms with van der Waals surface area (Å²) in [6.45, 7) is 0. The summed E-state index contributed by atoms with van der Waals surface area (Å²) in [6.07, 6.45) is 5.11. The van der Waals surface area contributed by atoms with Crippen LogP contribution in [-0.4, -0.2) is 20.2 Å². The second-order valence-electron chi connectivity index (χ2n) is 4.75. The van der Waals surface area contributed by atoms with Crippen molar-refractivity contribution in [3.63, 3.8) is 0 Å². The Kier molecular flexibility index (Phi) is 4.46. The third-order valence-electron chi connectivity index (χ3n) is 3.76. The van der Waals surface area contributed by atoms with E-state index in [-0.39, 0.29) is 0 Å². The Bertz CT molecular complexity index is 380. The third-order valence-corrected chi connectivity index (χ3v) is 4.54. The maximum Gasteiger partial charge on any atom is 0.119 e. The van der Waals surface area contributed by atoms with Crippen LogP contribution in [0.4, 0.5) is 0 Å². The number of rotatable bonds is 4. The number of nitrogens with one attached hydrogen (secondary N) is 1. The Hall–Kier alpha value is -0.540. The van der Waals surface area contributed by atoms with E-state index in [0.29, 0.717) is 6.04 Å². The Morgan fingerprint density at radius 1 is 1.41 bits per heavy atom. The van der Waals surface area contributed by atoms with Gasteiger partial charge in [0.15, 0.2) is 0 Å². The third kappa shape index (κ3) is 3.02. The highest BCUT2D eigenvalue weighted by Crippen LogP contribution is 2.32. The zero-order valence-corrected chi connectivity index (χ0v) is 12.1. The maximum atomic E-state index is 5.29. The SMILES string of the molecule is CNC1CCCC1Cc1cc(OC)ccc1Br. The van der Waals surface area contributed by atoms with Gasteiger partial charge in [0.05, 0.1) is 7.11 Å². The van der Waals surface area contributed by atoms with Crippen LogP contribution in [0.15, 0.2) is 22.7 Å². The van der Waals surface area contributed by atoms with E-state index < -0.39 is 0 Å². The minimum Gasteiger partial charge on any atom is -0.497 e. The Balaban J connectivity index is 2.12. The lowest BCUT2D eigenvalue weighted by Gasteiger charge is -2.19. The quantitative estimate of drug-likeness (QED) is 0.920. The monoisotopic (exact) mass is 297 g/mol. The van der Waals surface area contributed by atoms with E-state index in [1.54, 1.807) is 7.11 Å². The van der Waals surface area contributed by atoms with Crippen molar-refractivity contribution < 1.29 is 4.74 Å². The zero-order chi connectivity index (χ0) is 12.3. The topological polar surface area (TPSA) is 21.3 Å². The average Bonchev–Trinajstić information content (AvgIpc) is 2.79. The molecule has 1 aliphatic rings. The smallest absolute Gasteiger partial charge is 0.119 e. The molecule has 1 aromatic carbocycles. The second kappa shape index (κ2) is 5.87. The highest BCUT2D eigenvalue weighted by molar-refractivity contribution is 9.10. The Morgan fingerprint density at radius 2 is 2.24 bits per heavy atom. The van der Waals surface area contributed by atoms with Crippen LogP contribution in [0, 0.1) is 5.92 Å². The molecule has 3 heteroatoms. The normalized spacial score (nSPS) is 23.9. The number of hydrogen-bond acceptors (Lipinski definition) is 2. The fraction of sp³-hybridized carbons (Fsp3) is 0.571. The van der Waals surface area contributed by atoms with Gasteiger partial charge in [0.25, 0.3) is 0 Å². The van der Waals surface area contributed by atoms with Gasteiger partial charge in [0.2, 0.25) is 0 Å². The van der Waals surface area contributed by atoms with Crippen LogP contribution in [0.5, 0.6) is 5.75 Å². The number of hydrogen-bond donors (Lipinski definition) is 1. The lowest BCUT2D eigenvalue weighted by molar-refractivity contribution is 0.408. The van der Waals surface area contributed by atoms with Gasteiger partial charge in [0.1, 0.15) is 5.75 Å². The molecule has 1 N–H and O–H groups in total. The molecule has 0 heterocycles. The molecule has 2 atom stereocenters. The molecule has 0 aromatic heterocycles. The zero-order valence-electron chi connectivity index (χ0n) is 10.5. The van der Waals surface area contributed by atoms with Gasteiger partial charge in [-0.3, -0.25) is 0 Å². The Morgan fingerprint density at radius 3 is 2.94 bits per heavy atom. The molecular formula is C14H20BrNO. The van der Waals surface area contributed by atoms with Crippen LogP contribution in [0.1, 0.15) is 24.8 Å². The molecule has 0 saturated heterocycles. The van der Waals surface area contributed by atoms with Crippen molar-refractivity contribution in [3.05, 3.63) is 28.2 Å². The molecule has 17 heavy (non-hydrogen) atoms. The van der Waals surface area contributed by atoms with Gasteiger partial charge in [-0.2, -0.15) is 0 Å². The summed E-state index contributed by atoms with van der Waals surface area (Å²) >= 11 is 3.63. The minimum absolute atomic E-state index is 0.674. The van der Waals surface area contributed by atoms with E-state index in [2.05, 4.69) is 40.4 Å². The molecule has 1 saturated carbocycles. The van der Waals surface area contributed by atoms with Crippen LogP contribution in [-0.2, 0) is 6.42 Å². The lowest BCUT2D eigenvalue weighted by atomic mass is 9.94. The Labute approximate surface area is 112 Å². The molecule has 0 spiro atoms. The van der Waals surface area contributed by atoms with Crippen molar-refractivity contribution in [1.29, 1.82) is 0 Å². The molecule has 2 unspecified atom stereocenters. The minimum atomic E-state index is 0.674. The van der Waals surface area contributed by atoms with E-state index in [9.17, 15) is 0 Å². The highest BCUT2D eigenvalue weighted by Gasteiger charge is 2.26. The van der Waals surface area contributed by atoms with Crippen molar-refractivity contribution in [2.24, 2.45) is 5.92 Å². The van der Waals surface area contributed by atoms with E-state index in [4.69, 9.17) is 4.74 Å². The van der Waals surface area contributed by atoms with Crippen LogP contribution in [0.2, 0.25) is 0 Å². The summed E-state index contributed by atoms with van der Waals surface area (Å²) in [6, 6.07) is 6.90. The number of benzene rings is 1. The molecule has 0 amide bonds. The largest absolute Gasteiger partial charge is 0.497 e. The summed E-state index contributed by atoms with van der Waals surface area (Å²) in [7, 11) is 3.79. The van der Waals surface area contributed by atoms with Crippen molar-refractivity contribution in [2.45, 2.75) is 31.7 Å². The molecule has 1 aromatic rings. The summed E-state index contributed by atoms with van der Waals surface area (Å²) in [4.78, 5) is 0. The standard InChI is InChI=1S/C14H20BrNO/c1-16-14-5-3-4-10(14)8-11-9-12(17-2)6-7-13(11)15/h6-7,9-10,14,16H,3-5,8H2,1-2H3. The number of ether oxygens (including phenoxy) is 1. The van der Waals surface area contributed by atoms with Gasteiger partial charge >= 0.3 is 0 Å². The average molecular weight is 298 g/mol. The molecule has 1 fully saturated rings. The van der Waals surface area contributed by atoms with Crippen LogP contribution < -0.4 is 10.1 Å². The van der Waals surface area contributed by atoms with Gasteiger partial charge in [-0.25, -0.2) is 0 Å². The van der Waals surface area contributed by atoms with Crippen LogP contribution >= 0.6 is 15.9 Å². The maximum absolute atomic E-state index is 5.29. The van der Waals surface area contributed by atoms with Gasteiger partial charge in [-0.1, -0.05) is 22.4 Å². The highest BCUT2D eigenvalue weighted by atomic mass is 79.9. The van der Waals surface area contributed by atoms with Gasteiger partial charge in [-0.15, -0.1) is 0 Å². The second-order valence-corrected chi connectivity index (χ2v) is 5.60. The predicted octanol–water partition coefficient (Wildman–Crippen LogP) is 3.39. The van der Waals surface area contributed by atoms with Gasteiger partial charge in [0, 0.05) is 10.5 Å². The van der Waals surface area contributed by atoms with Crippen LogP contribution in [0.3, 0.4) is 0 Å².